The number of halogens is 3. The van der Waals surface area contributed by atoms with E-state index >= 15 is 0 Å². The van der Waals surface area contributed by atoms with Gasteiger partial charge in [0.25, 0.3) is 11.5 Å². The van der Waals surface area contributed by atoms with Crippen LogP contribution in [0.2, 0.25) is 0 Å². The lowest BCUT2D eigenvalue weighted by Gasteiger charge is -2.16. The largest absolute Gasteiger partial charge is 0.486 e. The number of carbonyl (C=O) groups excluding carboxylic acids is 1. The van der Waals surface area contributed by atoms with E-state index in [1.807, 2.05) is 13.0 Å². The van der Waals surface area contributed by atoms with Crippen molar-refractivity contribution in [2.45, 2.75) is 19.2 Å². The highest BCUT2D eigenvalue weighted by Gasteiger charge is 2.36. The molecular formula is C20H16F3N3O3. The maximum atomic E-state index is 13.4. The molecule has 0 aliphatic rings. The summed E-state index contributed by atoms with van der Waals surface area (Å²) < 4.78 is 45.9. The minimum atomic E-state index is -4.82. The minimum Gasteiger partial charge on any atom is -0.486 e. The Morgan fingerprint density at radius 3 is 2.45 bits per heavy atom. The lowest BCUT2D eigenvalue weighted by atomic mass is 10.0. The normalized spacial score (nSPS) is 12.4. The van der Waals surface area contributed by atoms with Gasteiger partial charge in [0.15, 0.2) is 0 Å². The number of pyridine rings is 2. The Balaban J connectivity index is 1.96. The maximum absolute atomic E-state index is 13.4. The van der Waals surface area contributed by atoms with Crippen molar-refractivity contribution in [3.63, 3.8) is 0 Å². The molecule has 0 saturated carbocycles. The van der Waals surface area contributed by atoms with Crippen LogP contribution >= 0.6 is 0 Å². The summed E-state index contributed by atoms with van der Waals surface area (Å²) >= 11 is 0. The highest BCUT2D eigenvalue weighted by molar-refractivity contribution is 5.94. The molecule has 2 aromatic heterocycles. The Morgan fingerprint density at radius 1 is 1.21 bits per heavy atom. The maximum Gasteiger partial charge on any atom is 0.431 e. The Bertz CT molecular complexity index is 1080. The molecule has 0 radical (unpaired) electrons. The molecule has 1 amide bonds. The number of carbonyl (C=O) groups is 1. The second kappa shape index (κ2) is 7.78. The van der Waals surface area contributed by atoms with E-state index in [1.165, 1.54) is 24.3 Å². The highest BCUT2D eigenvalue weighted by Crippen LogP contribution is 2.36. The van der Waals surface area contributed by atoms with Gasteiger partial charge in [-0.15, -0.1) is 0 Å². The predicted molar refractivity (Wildman–Crippen MR) is 99.3 cm³/mol. The quantitative estimate of drug-likeness (QED) is 0.679. The molecule has 2 heterocycles. The second-order valence-corrected chi connectivity index (χ2v) is 6.23. The highest BCUT2D eigenvalue weighted by atomic mass is 19.4. The van der Waals surface area contributed by atoms with E-state index in [9.17, 15) is 22.8 Å². The molecular weight excluding hydrogens is 387 g/mol. The van der Waals surface area contributed by atoms with Gasteiger partial charge in [-0.1, -0.05) is 18.2 Å². The molecule has 9 heteroatoms. The van der Waals surface area contributed by atoms with Gasteiger partial charge < -0.3 is 15.5 Å². The number of aromatic nitrogens is 2. The van der Waals surface area contributed by atoms with E-state index in [2.05, 4.69) is 4.98 Å². The Labute approximate surface area is 163 Å². The third-order valence-corrected chi connectivity index (χ3v) is 4.22. The summed E-state index contributed by atoms with van der Waals surface area (Å²) in [4.78, 5) is 28.8. The number of amides is 1. The van der Waals surface area contributed by atoms with Gasteiger partial charge in [-0.05, 0) is 36.8 Å². The van der Waals surface area contributed by atoms with Crippen LogP contribution in [-0.4, -0.2) is 15.9 Å². The first-order valence-electron chi connectivity index (χ1n) is 8.48. The van der Waals surface area contributed by atoms with E-state index in [0.717, 1.165) is 11.6 Å². The molecule has 0 spiro atoms. The van der Waals surface area contributed by atoms with Crippen LogP contribution in [0.3, 0.4) is 0 Å². The lowest BCUT2D eigenvalue weighted by molar-refractivity contribution is -0.140. The second-order valence-electron chi connectivity index (χ2n) is 6.23. The van der Waals surface area contributed by atoms with Crippen LogP contribution in [0.15, 0.2) is 59.7 Å². The van der Waals surface area contributed by atoms with Crippen molar-refractivity contribution in [1.82, 2.24) is 9.97 Å². The van der Waals surface area contributed by atoms with Crippen molar-refractivity contribution < 1.29 is 22.7 Å². The summed E-state index contributed by atoms with van der Waals surface area (Å²) in [5.41, 5.74) is 2.69. The van der Waals surface area contributed by atoms with E-state index in [1.54, 1.807) is 23.4 Å². The number of nitrogens with two attached hydrogens (primary N) is 1. The first kappa shape index (κ1) is 20.1. The summed E-state index contributed by atoms with van der Waals surface area (Å²) in [7, 11) is 0. The van der Waals surface area contributed by atoms with Crippen LogP contribution in [-0.2, 0) is 6.18 Å². The van der Waals surface area contributed by atoms with Crippen LogP contribution in [0, 0.1) is 0 Å². The fraction of sp³-hybridized carbons (Fsp3) is 0.150. The van der Waals surface area contributed by atoms with Gasteiger partial charge in [0, 0.05) is 23.5 Å². The summed E-state index contributed by atoms with van der Waals surface area (Å²) in [6, 6.07) is 10.3. The molecule has 0 saturated heterocycles. The monoisotopic (exact) mass is 403 g/mol. The standard InChI is InChI=1S/C20H16F3N3O3/c1-11(13-3-2-8-25-10-13)29-14-6-4-12(5-7-14)15-9-16(18(24)27)19(28)26-17(15)20(21,22)23/h2-11H,1H3,(H2,24,27)(H,26,28). The molecule has 3 rings (SSSR count). The van der Waals surface area contributed by atoms with Crippen molar-refractivity contribution >= 4 is 5.91 Å². The summed E-state index contributed by atoms with van der Waals surface area (Å²) in [6.07, 6.45) is -1.86. The number of primary amides is 1. The van der Waals surface area contributed by atoms with Gasteiger partial charge in [0.2, 0.25) is 0 Å². The van der Waals surface area contributed by atoms with Crippen molar-refractivity contribution in [2.24, 2.45) is 5.73 Å². The van der Waals surface area contributed by atoms with Crippen molar-refractivity contribution in [3.05, 3.63) is 82.0 Å². The third-order valence-electron chi connectivity index (χ3n) is 4.22. The zero-order chi connectivity index (χ0) is 21.2. The lowest BCUT2D eigenvalue weighted by Crippen LogP contribution is -2.27. The van der Waals surface area contributed by atoms with Gasteiger partial charge in [0.1, 0.15) is 23.1 Å². The molecule has 1 atom stereocenters. The van der Waals surface area contributed by atoms with Gasteiger partial charge in [-0.25, -0.2) is 0 Å². The molecule has 150 valence electrons. The molecule has 0 bridgehead atoms. The first-order chi connectivity index (χ1) is 13.7. The van der Waals surface area contributed by atoms with E-state index < -0.39 is 28.9 Å². The van der Waals surface area contributed by atoms with E-state index in [-0.39, 0.29) is 17.2 Å². The average molecular weight is 403 g/mol. The van der Waals surface area contributed by atoms with Crippen molar-refractivity contribution in [1.29, 1.82) is 0 Å². The fourth-order valence-electron chi connectivity index (χ4n) is 2.77. The number of benzene rings is 1. The van der Waals surface area contributed by atoms with E-state index in [0.29, 0.717) is 5.75 Å². The van der Waals surface area contributed by atoms with Crippen molar-refractivity contribution in [3.8, 4) is 16.9 Å². The summed E-state index contributed by atoms with van der Waals surface area (Å²) in [6.45, 7) is 1.81. The molecule has 29 heavy (non-hydrogen) atoms. The molecule has 0 aliphatic heterocycles. The zero-order valence-electron chi connectivity index (χ0n) is 15.2. The number of aromatic amines is 1. The average Bonchev–Trinajstić information content (AvgIpc) is 2.68. The molecule has 3 aromatic rings. The van der Waals surface area contributed by atoms with Crippen LogP contribution in [0.25, 0.3) is 11.1 Å². The number of hydrogen-bond acceptors (Lipinski definition) is 4. The Hall–Kier alpha value is -3.62. The number of nitrogens with zero attached hydrogens (tertiary/aromatic N) is 1. The number of rotatable bonds is 5. The topological polar surface area (TPSA) is 98.1 Å². The zero-order valence-corrected chi connectivity index (χ0v) is 15.2. The number of ether oxygens (including phenoxy) is 1. The molecule has 3 N–H and O–H groups in total. The number of alkyl halides is 3. The Kier molecular flexibility index (Phi) is 5.40. The number of nitrogens with one attached hydrogen (secondary N) is 1. The van der Waals surface area contributed by atoms with E-state index in [4.69, 9.17) is 10.5 Å². The Morgan fingerprint density at radius 2 is 1.90 bits per heavy atom. The van der Waals surface area contributed by atoms with Gasteiger partial charge in [-0.2, -0.15) is 13.2 Å². The van der Waals surface area contributed by atoms with Crippen molar-refractivity contribution in [2.75, 3.05) is 0 Å². The molecule has 6 nitrogen and oxygen atoms in total. The molecule has 0 aliphatic carbocycles. The fourth-order valence-corrected chi connectivity index (χ4v) is 2.77. The minimum absolute atomic E-state index is 0.137. The number of hydrogen-bond donors (Lipinski definition) is 2. The number of H-pyrrole nitrogens is 1. The molecule has 1 aromatic carbocycles. The van der Waals surface area contributed by atoms with Crippen LogP contribution in [0.1, 0.15) is 34.6 Å². The summed E-state index contributed by atoms with van der Waals surface area (Å²) in [5.74, 6) is -0.690. The van der Waals surface area contributed by atoms with Gasteiger partial charge >= 0.3 is 6.18 Å². The first-order valence-corrected chi connectivity index (χ1v) is 8.48. The smallest absolute Gasteiger partial charge is 0.431 e. The SMILES string of the molecule is CC(Oc1ccc(-c2cc(C(N)=O)c(=O)[nH]c2C(F)(F)F)cc1)c1cccnc1. The van der Waals surface area contributed by atoms with Crippen LogP contribution in [0.5, 0.6) is 5.75 Å². The third kappa shape index (κ3) is 4.45. The predicted octanol–water partition coefficient (Wildman–Crippen LogP) is 3.69. The van der Waals surface area contributed by atoms with Crippen LogP contribution in [0.4, 0.5) is 13.2 Å². The van der Waals surface area contributed by atoms with Gasteiger partial charge in [-0.3, -0.25) is 14.6 Å². The molecule has 1 unspecified atom stereocenters. The van der Waals surface area contributed by atoms with Crippen LogP contribution < -0.4 is 16.0 Å². The van der Waals surface area contributed by atoms with Gasteiger partial charge in [0.05, 0.1) is 0 Å². The summed E-state index contributed by atoms with van der Waals surface area (Å²) in [5, 5.41) is 0. The molecule has 0 fully saturated rings.